The lowest BCUT2D eigenvalue weighted by atomic mass is 9.80. The Kier molecular flexibility index (Phi) is 4.55. The van der Waals surface area contributed by atoms with E-state index in [1.807, 2.05) is 25.1 Å². The van der Waals surface area contributed by atoms with Crippen LogP contribution in [0, 0.1) is 5.41 Å². The molecule has 0 bridgehead atoms. The maximum Gasteiger partial charge on any atom is 0.309 e. The molecule has 0 amide bonds. The molecule has 2 rings (SSSR count). The van der Waals surface area contributed by atoms with Gasteiger partial charge in [0, 0.05) is 17.1 Å². The Hall–Kier alpha value is -1.26. The number of nitrogens with zero attached hydrogens (tertiary/aromatic N) is 1. The molecule has 0 radical (unpaired) electrons. The van der Waals surface area contributed by atoms with Crippen LogP contribution < -0.4 is 4.74 Å². The molecular formula is C15H20ClNO3. The molecule has 1 heterocycles. The van der Waals surface area contributed by atoms with Gasteiger partial charge in [-0.1, -0.05) is 11.6 Å². The van der Waals surface area contributed by atoms with Crippen molar-refractivity contribution in [3.05, 3.63) is 28.8 Å². The highest BCUT2D eigenvalue weighted by Crippen LogP contribution is 2.32. The number of methoxy groups -OCH3 is 1. The van der Waals surface area contributed by atoms with E-state index in [9.17, 15) is 9.90 Å². The van der Waals surface area contributed by atoms with Gasteiger partial charge in [-0.3, -0.25) is 9.69 Å². The van der Waals surface area contributed by atoms with E-state index in [1.54, 1.807) is 7.11 Å². The molecule has 0 atom stereocenters. The Balaban J connectivity index is 2.03. The Labute approximate surface area is 124 Å². The van der Waals surface area contributed by atoms with E-state index >= 15 is 0 Å². The molecule has 1 aromatic carbocycles. The topological polar surface area (TPSA) is 49.8 Å². The number of ether oxygens (including phenoxy) is 1. The summed E-state index contributed by atoms with van der Waals surface area (Å²) in [5, 5.41) is 9.92. The first-order valence-corrected chi connectivity index (χ1v) is 7.10. The Bertz CT molecular complexity index is 496. The van der Waals surface area contributed by atoms with Crippen molar-refractivity contribution >= 4 is 17.6 Å². The maximum absolute atomic E-state index is 11.2. The largest absolute Gasteiger partial charge is 0.496 e. The van der Waals surface area contributed by atoms with Crippen LogP contribution >= 0.6 is 11.6 Å². The van der Waals surface area contributed by atoms with Crippen molar-refractivity contribution in [1.29, 1.82) is 0 Å². The van der Waals surface area contributed by atoms with Crippen LogP contribution in [0.2, 0.25) is 5.02 Å². The summed E-state index contributed by atoms with van der Waals surface area (Å²) in [4.78, 5) is 13.5. The minimum Gasteiger partial charge on any atom is -0.496 e. The number of likely N-dealkylation sites (tertiary alicyclic amines) is 1. The number of aliphatic carboxylic acids is 1. The molecule has 1 aliphatic rings. The zero-order valence-corrected chi connectivity index (χ0v) is 12.6. The summed E-state index contributed by atoms with van der Waals surface area (Å²) in [6, 6.07) is 5.58. The molecule has 4 nitrogen and oxygen atoms in total. The standard InChI is InChI=1S/C15H20ClNO3/c1-15(14(18)19)5-7-17(8-6-15)10-11-9-12(16)3-4-13(11)20-2/h3-4,9H,5-8,10H2,1-2H3,(H,18,19). The number of carboxylic acid groups (broad SMARTS) is 1. The lowest BCUT2D eigenvalue weighted by Gasteiger charge is -2.36. The summed E-state index contributed by atoms with van der Waals surface area (Å²) >= 11 is 6.03. The monoisotopic (exact) mass is 297 g/mol. The third-order valence-electron chi connectivity index (χ3n) is 4.11. The van der Waals surface area contributed by atoms with Gasteiger partial charge < -0.3 is 9.84 Å². The fourth-order valence-electron chi connectivity index (χ4n) is 2.53. The second kappa shape index (κ2) is 6.02. The maximum atomic E-state index is 11.2. The minimum absolute atomic E-state index is 0.588. The van der Waals surface area contributed by atoms with Gasteiger partial charge in [0.15, 0.2) is 0 Å². The lowest BCUT2D eigenvalue weighted by Crippen LogP contribution is -2.42. The molecule has 1 N–H and O–H groups in total. The number of rotatable bonds is 4. The molecule has 20 heavy (non-hydrogen) atoms. The summed E-state index contributed by atoms with van der Waals surface area (Å²) in [5.41, 5.74) is 0.452. The van der Waals surface area contributed by atoms with Crippen LogP contribution in [0.5, 0.6) is 5.75 Å². The summed E-state index contributed by atoms with van der Waals surface area (Å²) < 4.78 is 5.34. The van der Waals surface area contributed by atoms with E-state index in [0.29, 0.717) is 17.9 Å². The summed E-state index contributed by atoms with van der Waals surface area (Å²) in [6.07, 6.45) is 1.34. The molecule has 1 fully saturated rings. The molecular weight excluding hydrogens is 278 g/mol. The van der Waals surface area contributed by atoms with Gasteiger partial charge in [-0.05, 0) is 51.1 Å². The van der Waals surface area contributed by atoms with Crippen molar-refractivity contribution in [2.75, 3.05) is 20.2 Å². The van der Waals surface area contributed by atoms with E-state index in [-0.39, 0.29) is 0 Å². The van der Waals surface area contributed by atoms with Crippen molar-refractivity contribution in [3.63, 3.8) is 0 Å². The van der Waals surface area contributed by atoms with E-state index in [4.69, 9.17) is 16.3 Å². The molecule has 0 aromatic heterocycles. The SMILES string of the molecule is COc1ccc(Cl)cc1CN1CCC(C)(C(=O)O)CC1. The highest BCUT2D eigenvalue weighted by Gasteiger charge is 2.36. The number of hydrogen-bond acceptors (Lipinski definition) is 3. The molecule has 0 aliphatic carbocycles. The zero-order valence-electron chi connectivity index (χ0n) is 11.9. The van der Waals surface area contributed by atoms with Gasteiger partial charge in [-0.2, -0.15) is 0 Å². The van der Waals surface area contributed by atoms with Crippen LogP contribution in [0.1, 0.15) is 25.3 Å². The fourth-order valence-corrected chi connectivity index (χ4v) is 2.72. The molecule has 1 aliphatic heterocycles. The van der Waals surface area contributed by atoms with Gasteiger partial charge >= 0.3 is 5.97 Å². The molecule has 0 spiro atoms. The normalized spacial score (nSPS) is 18.8. The number of carboxylic acids is 1. The van der Waals surface area contributed by atoms with Crippen molar-refractivity contribution in [3.8, 4) is 5.75 Å². The number of halogens is 1. The van der Waals surface area contributed by atoms with Crippen LogP contribution in [0.3, 0.4) is 0 Å². The van der Waals surface area contributed by atoms with Crippen LogP contribution in [-0.2, 0) is 11.3 Å². The van der Waals surface area contributed by atoms with E-state index < -0.39 is 11.4 Å². The Morgan fingerprint density at radius 2 is 2.10 bits per heavy atom. The molecule has 110 valence electrons. The molecule has 1 aromatic rings. The number of piperidine rings is 1. The highest BCUT2D eigenvalue weighted by molar-refractivity contribution is 6.30. The van der Waals surface area contributed by atoms with Crippen molar-refractivity contribution in [2.45, 2.75) is 26.3 Å². The number of hydrogen-bond donors (Lipinski definition) is 1. The quantitative estimate of drug-likeness (QED) is 0.928. The van der Waals surface area contributed by atoms with Gasteiger partial charge in [0.2, 0.25) is 0 Å². The van der Waals surface area contributed by atoms with Crippen LogP contribution in [0.25, 0.3) is 0 Å². The summed E-state index contributed by atoms with van der Waals surface area (Å²) in [6.45, 7) is 4.11. The van der Waals surface area contributed by atoms with E-state index in [2.05, 4.69) is 4.90 Å². The van der Waals surface area contributed by atoms with Gasteiger partial charge in [0.1, 0.15) is 5.75 Å². The third kappa shape index (κ3) is 3.25. The predicted octanol–water partition coefficient (Wildman–Crippen LogP) is 3.04. The number of benzene rings is 1. The van der Waals surface area contributed by atoms with Gasteiger partial charge in [0.05, 0.1) is 12.5 Å². The second-order valence-corrected chi connectivity index (χ2v) is 6.03. The van der Waals surface area contributed by atoms with Gasteiger partial charge in [-0.25, -0.2) is 0 Å². The van der Waals surface area contributed by atoms with Crippen molar-refractivity contribution < 1.29 is 14.6 Å². The number of carbonyl (C=O) groups is 1. The van der Waals surface area contributed by atoms with Crippen LogP contribution in [-0.4, -0.2) is 36.2 Å². The second-order valence-electron chi connectivity index (χ2n) is 5.60. The van der Waals surface area contributed by atoms with Gasteiger partial charge in [-0.15, -0.1) is 0 Å². The van der Waals surface area contributed by atoms with Gasteiger partial charge in [0.25, 0.3) is 0 Å². The lowest BCUT2D eigenvalue weighted by molar-refractivity contribution is -0.150. The van der Waals surface area contributed by atoms with E-state index in [0.717, 1.165) is 30.9 Å². The minimum atomic E-state index is -0.697. The summed E-state index contributed by atoms with van der Waals surface area (Å²) in [5.74, 6) is 0.124. The Morgan fingerprint density at radius 1 is 1.45 bits per heavy atom. The average molecular weight is 298 g/mol. The third-order valence-corrected chi connectivity index (χ3v) is 4.35. The van der Waals surface area contributed by atoms with Crippen molar-refractivity contribution in [2.24, 2.45) is 5.41 Å². The van der Waals surface area contributed by atoms with E-state index in [1.165, 1.54) is 0 Å². The first-order valence-electron chi connectivity index (χ1n) is 6.73. The fraction of sp³-hybridized carbons (Fsp3) is 0.533. The summed E-state index contributed by atoms with van der Waals surface area (Å²) in [7, 11) is 1.64. The van der Waals surface area contributed by atoms with Crippen LogP contribution in [0.4, 0.5) is 0 Å². The average Bonchev–Trinajstić information content (AvgIpc) is 2.42. The molecule has 1 saturated heterocycles. The molecule has 0 unspecified atom stereocenters. The Morgan fingerprint density at radius 3 is 2.65 bits per heavy atom. The van der Waals surface area contributed by atoms with Crippen LogP contribution in [0.15, 0.2) is 18.2 Å². The molecule has 0 saturated carbocycles. The molecule has 5 heteroatoms. The first-order chi connectivity index (χ1) is 9.44. The smallest absolute Gasteiger partial charge is 0.309 e. The highest BCUT2D eigenvalue weighted by atomic mass is 35.5. The first kappa shape index (κ1) is 15.1. The zero-order chi connectivity index (χ0) is 14.8. The van der Waals surface area contributed by atoms with Crippen molar-refractivity contribution in [1.82, 2.24) is 4.90 Å². The predicted molar refractivity (Wildman–Crippen MR) is 78.3 cm³/mol.